The van der Waals surface area contributed by atoms with E-state index >= 15 is 4.39 Å². The monoisotopic (exact) mass is 321 g/mol. The number of anilines is 1. The third-order valence-corrected chi connectivity index (χ3v) is 4.70. The summed E-state index contributed by atoms with van der Waals surface area (Å²) < 4.78 is 21.5. The van der Waals surface area contributed by atoms with Gasteiger partial charge in [0.15, 0.2) is 0 Å². The summed E-state index contributed by atoms with van der Waals surface area (Å²) >= 11 is 0. The molecular formula is C20H16FNO2. The molecular weight excluding hydrogens is 305 g/mol. The van der Waals surface area contributed by atoms with Crippen molar-refractivity contribution >= 4 is 22.4 Å². The maximum absolute atomic E-state index is 16.3. The Hall–Kier alpha value is -2.88. The zero-order valence-corrected chi connectivity index (χ0v) is 13.4. The average Bonchev–Trinajstić information content (AvgIpc) is 2.83. The quantitative estimate of drug-likeness (QED) is 0.713. The second kappa shape index (κ2) is 5.06. The Morgan fingerprint density at radius 2 is 1.75 bits per heavy atom. The van der Waals surface area contributed by atoms with Crippen molar-refractivity contribution in [1.82, 2.24) is 0 Å². The van der Waals surface area contributed by atoms with Gasteiger partial charge in [0.05, 0.1) is 12.8 Å². The molecule has 0 N–H and O–H groups in total. The van der Waals surface area contributed by atoms with E-state index in [0.29, 0.717) is 22.6 Å². The van der Waals surface area contributed by atoms with E-state index in [1.54, 1.807) is 37.4 Å². The minimum atomic E-state index is -2.22. The number of rotatable bonds is 2. The van der Waals surface area contributed by atoms with E-state index in [2.05, 4.69) is 0 Å². The van der Waals surface area contributed by atoms with Gasteiger partial charge in [0.2, 0.25) is 5.67 Å². The summed E-state index contributed by atoms with van der Waals surface area (Å²) in [4.78, 5) is 14.2. The van der Waals surface area contributed by atoms with Gasteiger partial charge in [0.25, 0.3) is 5.91 Å². The van der Waals surface area contributed by atoms with E-state index in [1.807, 2.05) is 30.3 Å². The molecule has 0 saturated heterocycles. The van der Waals surface area contributed by atoms with E-state index < -0.39 is 11.6 Å². The molecule has 0 spiro atoms. The van der Waals surface area contributed by atoms with Crippen molar-refractivity contribution in [3.05, 3.63) is 71.8 Å². The molecule has 3 nitrogen and oxygen atoms in total. The van der Waals surface area contributed by atoms with Crippen molar-refractivity contribution in [2.24, 2.45) is 0 Å². The second-order valence-electron chi connectivity index (χ2n) is 5.93. The summed E-state index contributed by atoms with van der Waals surface area (Å²) in [7, 11) is 3.13. The fraction of sp³-hybridized carbons (Fsp3) is 0.150. The summed E-state index contributed by atoms with van der Waals surface area (Å²) in [6.07, 6.45) is 0. The maximum Gasteiger partial charge on any atom is 0.273 e. The normalized spacial score (nSPS) is 19.6. The molecule has 24 heavy (non-hydrogen) atoms. The molecule has 120 valence electrons. The van der Waals surface area contributed by atoms with E-state index in [0.717, 1.165) is 10.8 Å². The van der Waals surface area contributed by atoms with Crippen LogP contribution in [0, 0.1) is 0 Å². The summed E-state index contributed by atoms with van der Waals surface area (Å²) in [6, 6.07) is 18.0. The van der Waals surface area contributed by atoms with Crippen LogP contribution in [0.5, 0.6) is 5.75 Å². The van der Waals surface area contributed by atoms with Crippen LogP contribution in [0.25, 0.3) is 10.8 Å². The number of amides is 1. The van der Waals surface area contributed by atoms with Crippen LogP contribution in [0.15, 0.2) is 60.7 Å². The number of nitrogens with zero attached hydrogens (tertiary/aromatic N) is 1. The summed E-state index contributed by atoms with van der Waals surface area (Å²) in [5.41, 5.74) is -0.967. The SMILES string of the molecule is COc1ccc2c(c1)[C@@](F)(c1cccc3ccccc13)C(=O)N2C. The van der Waals surface area contributed by atoms with Crippen LogP contribution in [0.4, 0.5) is 10.1 Å². The average molecular weight is 321 g/mol. The Balaban J connectivity index is 2.05. The lowest BCUT2D eigenvalue weighted by atomic mass is 9.86. The van der Waals surface area contributed by atoms with Gasteiger partial charge in [-0.1, -0.05) is 42.5 Å². The number of likely N-dealkylation sites (N-methyl/N-ethyl adjacent to an activating group) is 1. The topological polar surface area (TPSA) is 29.5 Å². The van der Waals surface area contributed by atoms with Gasteiger partial charge in [-0.25, -0.2) is 4.39 Å². The van der Waals surface area contributed by atoms with Crippen LogP contribution in [-0.2, 0) is 10.5 Å². The minimum absolute atomic E-state index is 0.325. The number of alkyl halides is 1. The molecule has 4 heteroatoms. The van der Waals surface area contributed by atoms with E-state index in [1.165, 1.54) is 12.0 Å². The molecule has 1 amide bonds. The van der Waals surface area contributed by atoms with Crippen molar-refractivity contribution in [1.29, 1.82) is 0 Å². The fourth-order valence-corrected chi connectivity index (χ4v) is 3.45. The molecule has 0 fully saturated rings. The number of benzene rings is 3. The number of methoxy groups -OCH3 is 1. The maximum atomic E-state index is 16.3. The van der Waals surface area contributed by atoms with E-state index in [9.17, 15) is 4.79 Å². The Labute approximate surface area is 139 Å². The fourth-order valence-electron chi connectivity index (χ4n) is 3.45. The highest BCUT2D eigenvalue weighted by molar-refractivity contribution is 6.11. The molecule has 1 atom stereocenters. The van der Waals surface area contributed by atoms with Gasteiger partial charge in [-0.15, -0.1) is 0 Å². The van der Waals surface area contributed by atoms with Crippen LogP contribution in [0.2, 0.25) is 0 Å². The van der Waals surface area contributed by atoms with Crippen LogP contribution >= 0.6 is 0 Å². The standard InChI is InChI=1S/C20H16FNO2/c1-22-18-11-10-14(24-2)12-17(18)20(21,19(22)23)16-9-5-7-13-6-3-4-8-15(13)16/h3-12H,1-2H3/t20-/m0/s1. The van der Waals surface area contributed by atoms with E-state index in [-0.39, 0.29) is 0 Å². The highest BCUT2D eigenvalue weighted by atomic mass is 19.1. The first-order valence-electron chi connectivity index (χ1n) is 7.71. The third kappa shape index (κ3) is 1.80. The molecule has 0 radical (unpaired) electrons. The molecule has 0 bridgehead atoms. The second-order valence-corrected chi connectivity index (χ2v) is 5.93. The lowest BCUT2D eigenvalue weighted by Crippen LogP contribution is -2.36. The van der Waals surface area contributed by atoms with Gasteiger partial charge < -0.3 is 9.64 Å². The third-order valence-electron chi connectivity index (χ3n) is 4.70. The molecule has 0 aromatic heterocycles. The van der Waals surface area contributed by atoms with Gasteiger partial charge in [0, 0.05) is 18.2 Å². The van der Waals surface area contributed by atoms with Gasteiger partial charge in [-0.05, 0) is 29.0 Å². The van der Waals surface area contributed by atoms with Crippen molar-refractivity contribution in [3.63, 3.8) is 0 Å². The molecule has 0 saturated carbocycles. The van der Waals surface area contributed by atoms with Crippen molar-refractivity contribution < 1.29 is 13.9 Å². The minimum Gasteiger partial charge on any atom is -0.497 e. The number of hydrogen-bond donors (Lipinski definition) is 0. The van der Waals surface area contributed by atoms with Gasteiger partial charge >= 0.3 is 0 Å². The molecule has 1 heterocycles. The Bertz CT molecular complexity index is 964. The Kier molecular flexibility index (Phi) is 3.10. The van der Waals surface area contributed by atoms with Gasteiger partial charge in [-0.2, -0.15) is 0 Å². The number of fused-ring (bicyclic) bond motifs is 2. The van der Waals surface area contributed by atoms with E-state index in [4.69, 9.17) is 4.74 Å². The first-order chi connectivity index (χ1) is 11.6. The summed E-state index contributed by atoms with van der Waals surface area (Å²) in [5, 5.41) is 1.64. The van der Waals surface area contributed by atoms with Crippen molar-refractivity contribution in [3.8, 4) is 5.75 Å². The number of hydrogen-bond acceptors (Lipinski definition) is 2. The first kappa shape index (κ1) is 14.7. The molecule has 0 aliphatic carbocycles. The molecule has 3 aromatic rings. The molecule has 1 aliphatic rings. The predicted octanol–water partition coefficient (Wildman–Crippen LogP) is 4.04. The number of carbonyl (C=O) groups excluding carboxylic acids is 1. The molecule has 0 unspecified atom stereocenters. The summed E-state index contributed by atoms with van der Waals surface area (Å²) in [5.74, 6) is -0.0544. The largest absolute Gasteiger partial charge is 0.497 e. The van der Waals surface area contributed by atoms with Crippen LogP contribution in [-0.4, -0.2) is 20.1 Å². The Morgan fingerprint density at radius 1 is 1.00 bits per heavy atom. The highest BCUT2D eigenvalue weighted by Crippen LogP contribution is 2.49. The van der Waals surface area contributed by atoms with Gasteiger partial charge in [0.1, 0.15) is 5.75 Å². The lowest BCUT2D eigenvalue weighted by molar-refractivity contribution is -0.126. The smallest absolute Gasteiger partial charge is 0.273 e. The van der Waals surface area contributed by atoms with Crippen LogP contribution < -0.4 is 9.64 Å². The first-order valence-corrected chi connectivity index (χ1v) is 7.71. The molecule has 1 aliphatic heterocycles. The Morgan fingerprint density at radius 3 is 2.54 bits per heavy atom. The van der Waals surface area contributed by atoms with Gasteiger partial charge in [-0.3, -0.25) is 4.79 Å². The zero-order chi connectivity index (χ0) is 16.9. The van der Waals surface area contributed by atoms with Crippen molar-refractivity contribution in [2.45, 2.75) is 5.67 Å². The number of halogens is 1. The highest BCUT2D eigenvalue weighted by Gasteiger charge is 2.52. The predicted molar refractivity (Wildman–Crippen MR) is 92.2 cm³/mol. The number of ether oxygens (including phenoxy) is 1. The summed E-state index contributed by atoms with van der Waals surface area (Å²) in [6.45, 7) is 0. The lowest BCUT2D eigenvalue weighted by Gasteiger charge is -2.21. The zero-order valence-electron chi connectivity index (χ0n) is 13.4. The molecule has 4 rings (SSSR count). The molecule has 3 aromatic carbocycles. The number of carbonyl (C=O) groups is 1. The van der Waals surface area contributed by atoms with Crippen LogP contribution in [0.3, 0.4) is 0 Å². The van der Waals surface area contributed by atoms with Crippen LogP contribution in [0.1, 0.15) is 11.1 Å². The van der Waals surface area contributed by atoms with Crippen molar-refractivity contribution in [2.75, 3.05) is 19.1 Å².